The quantitative estimate of drug-likeness (QED) is 0.848. The van der Waals surface area contributed by atoms with Crippen molar-refractivity contribution in [3.05, 3.63) is 29.8 Å². The molecule has 1 aromatic rings. The number of hydrogen-bond donors (Lipinski definition) is 1. The van der Waals surface area contributed by atoms with Crippen molar-refractivity contribution in [3.63, 3.8) is 0 Å². The Kier molecular flexibility index (Phi) is 4.34. The zero-order valence-corrected chi connectivity index (χ0v) is 9.94. The molecule has 0 aromatic heterocycles. The molecule has 17 heavy (non-hydrogen) atoms. The van der Waals surface area contributed by atoms with Crippen LogP contribution in [0.2, 0.25) is 0 Å². The highest BCUT2D eigenvalue weighted by Crippen LogP contribution is 2.31. The summed E-state index contributed by atoms with van der Waals surface area (Å²) < 4.78 is 42.4. The van der Waals surface area contributed by atoms with E-state index in [-0.39, 0.29) is 23.3 Å². The molecule has 0 saturated heterocycles. The summed E-state index contributed by atoms with van der Waals surface area (Å²) in [6.07, 6.45) is -4.37. The molecule has 0 saturated carbocycles. The highest BCUT2D eigenvalue weighted by molar-refractivity contribution is 7.80. The van der Waals surface area contributed by atoms with Gasteiger partial charge in [-0.1, -0.05) is 25.2 Å². The van der Waals surface area contributed by atoms with Crippen molar-refractivity contribution in [2.45, 2.75) is 13.1 Å². The number of nitrogens with two attached hydrogens (primary N) is 1. The first-order valence-electron chi connectivity index (χ1n) is 4.90. The van der Waals surface area contributed by atoms with Crippen LogP contribution in [0.15, 0.2) is 24.3 Å². The maximum atomic E-state index is 12.4. The molecule has 1 rings (SSSR count). The number of alkyl halides is 3. The fraction of sp³-hybridized carbons (Fsp3) is 0.364. The summed E-state index contributed by atoms with van der Waals surface area (Å²) in [6.45, 7) is 1.91. The molecule has 2 N–H and O–H groups in total. The number of rotatable bonds is 4. The average molecular weight is 263 g/mol. The molecule has 0 aliphatic rings. The van der Waals surface area contributed by atoms with E-state index < -0.39 is 11.7 Å². The number of thiocarbonyl (C=S) groups is 1. The third-order valence-electron chi connectivity index (χ3n) is 2.15. The second-order valence-corrected chi connectivity index (χ2v) is 4.11. The summed E-state index contributed by atoms with van der Waals surface area (Å²) in [5, 5.41) is 0. The minimum atomic E-state index is -4.37. The first-order chi connectivity index (χ1) is 7.80. The molecule has 2 nitrogen and oxygen atoms in total. The summed E-state index contributed by atoms with van der Waals surface area (Å²) in [4.78, 5) is 0.275. The minimum absolute atomic E-state index is 0.155. The van der Waals surface area contributed by atoms with Gasteiger partial charge >= 0.3 is 6.18 Å². The molecule has 0 spiro atoms. The molecule has 1 aromatic carbocycles. The monoisotopic (exact) mass is 263 g/mol. The van der Waals surface area contributed by atoms with Crippen molar-refractivity contribution < 1.29 is 17.9 Å². The van der Waals surface area contributed by atoms with Gasteiger partial charge in [0, 0.05) is 5.92 Å². The molecule has 0 heterocycles. The van der Waals surface area contributed by atoms with E-state index in [0.29, 0.717) is 0 Å². The lowest BCUT2D eigenvalue weighted by atomic mass is 10.2. The normalized spacial score (nSPS) is 13.2. The van der Waals surface area contributed by atoms with Crippen molar-refractivity contribution in [3.8, 4) is 5.75 Å². The largest absolute Gasteiger partial charge is 0.493 e. The summed E-state index contributed by atoms with van der Waals surface area (Å²) in [5.74, 6) is -0.0255. The maximum Gasteiger partial charge on any atom is 0.416 e. The van der Waals surface area contributed by atoms with E-state index in [1.54, 1.807) is 6.92 Å². The molecule has 0 bridgehead atoms. The van der Waals surface area contributed by atoms with E-state index in [9.17, 15) is 13.2 Å². The van der Waals surface area contributed by atoms with E-state index >= 15 is 0 Å². The van der Waals surface area contributed by atoms with E-state index in [1.165, 1.54) is 12.1 Å². The van der Waals surface area contributed by atoms with E-state index in [0.717, 1.165) is 12.1 Å². The molecule has 0 amide bonds. The van der Waals surface area contributed by atoms with Crippen LogP contribution >= 0.6 is 12.2 Å². The zero-order chi connectivity index (χ0) is 13.1. The summed E-state index contributed by atoms with van der Waals surface area (Å²) in [6, 6.07) is 4.70. The smallest absolute Gasteiger partial charge is 0.416 e. The van der Waals surface area contributed by atoms with Crippen LogP contribution in [-0.4, -0.2) is 11.6 Å². The number of halogens is 3. The van der Waals surface area contributed by atoms with Crippen molar-refractivity contribution in [2.75, 3.05) is 6.61 Å². The first-order valence-corrected chi connectivity index (χ1v) is 5.31. The Morgan fingerprint density at radius 3 is 2.65 bits per heavy atom. The van der Waals surface area contributed by atoms with Gasteiger partial charge in [-0.3, -0.25) is 0 Å². The highest BCUT2D eigenvalue weighted by Gasteiger charge is 2.30. The summed E-state index contributed by atoms with van der Waals surface area (Å²) in [5.41, 5.74) is 4.63. The van der Waals surface area contributed by atoms with Gasteiger partial charge in [-0.2, -0.15) is 13.2 Å². The standard InChI is InChI=1S/C11H12F3NOS/c1-7(10(15)17)6-16-9-4-2-3-8(5-9)11(12,13)14/h2-5,7H,6H2,1H3,(H2,15,17). The number of ether oxygens (including phenoxy) is 1. The van der Waals surface area contributed by atoms with E-state index in [2.05, 4.69) is 0 Å². The highest BCUT2D eigenvalue weighted by atomic mass is 32.1. The second kappa shape index (κ2) is 5.35. The van der Waals surface area contributed by atoms with Crippen LogP contribution in [0, 0.1) is 5.92 Å². The first kappa shape index (κ1) is 13.8. The molecule has 94 valence electrons. The van der Waals surface area contributed by atoms with Crippen LogP contribution < -0.4 is 10.5 Å². The van der Waals surface area contributed by atoms with Crippen molar-refractivity contribution in [1.82, 2.24) is 0 Å². The van der Waals surface area contributed by atoms with Gasteiger partial charge in [0.15, 0.2) is 0 Å². The molecule has 6 heteroatoms. The number of hydrogen-bond acceptors (Lipinski definition) is 2. The van der Waals surface area contributed by atoms with Crippen molar-refractivity contribution in [2.24, 2.45) is 11.7 Å². The fourth-order valence-corrected chi connectivity index (χ4v) is 1.13. The molecule has 0 aliphatic heterocycles. The molecular formula is C11H12F3NOS. The van der Waals surface area contributed by atoms with Crippen LogP contribution in [0.25, 0.3) is 0 Å². The fourth-order valence-electron chi connectivity index (χ4n) is 1.07. The van der Waals surface area contributed by atoms with Gasteiger partial charge < -0.3 is 10.5 Å². The summed E-state index contributed by atoms with van der Waals surface area (Å²) >= 11 is 4.74. The van der Waals surface area contributed by atoms with Gasteiger partial charge in [0.2, 0.25) is 0 Å². The predicted molar refractivity (Wildman–Crippen MR) is 62.9 cm³/mol. The third kappa shape index (κ3) is 4.22. The topological polar surface area (TPSA) is 35.2 Å². The van der Waals surface area contributed by atoms with Gasteiger partial charge in [-0.15, -0.1) is 0 Å². The average Bonchev–Trinajstić information content (AvgIpc) is 2.25. The maximum absolute atomic E-state index is 12.4. The van der Waals surface area contributed by atoms with Crippen LogP contribution in [0.3, 0.4) is 0 Å². The molecule has 1 atom stereocenters. The van der Waals surface area contributed by atoms with Gasteiger partial charge in [0.05, 0.1) is 17.2 Å². The molecule has 0 radical (unpaired) electrons. The van der Waals surface area contributed by atoms with Crippen LogP contribution in [0.5, 0.6) is 5.75 Å². The summed E-state index contributed by atoms with van der Waals surface area (Å²) in [7, 11) is 0. The Morgan fingerprint density at radius 2 is 2.12 bits per heavy atom. The van der Waals surface area contributed by atoms with Crippen LogP contribution in [-0.2, 0) is 6.18 Å². The van der Waals surface area contributed by atoms with Gasteiger partial charge in [0.25, 0.3) is 0 Å². The van der Waals surface area contributed by atoms with Crippen molar-refractivity contribution in [1.29, 1.82) is 0 Å². The lowest BCUT2D eigenvalue weighted by molar-refractivity contribution is -0.137. The minimum Gasteiger partial charge on any atom is -0.493 e. The lowest BCUT2D eigenvalue weighted by Crippen LogP contribution is -2.24. The van der Waals surface area contributed by atoms with E-state index in [1.807, 2.05) is 0 Å². The second-order valence-electron chi connectivity index (χ2n) is 3.64. The Hall–Kier alpha value is -1.30. The predicted octanol–water partition coefficient (Wildman–Crippen LogP) is 3.01. The Bertz CT molecular complexity index is 406. The van der Waals surface area contributed by atoms with Gasteiger partial charge in [0.1, 0.15) is 5.75 Å². The van der Waals surface area contributed by atoms with Gasteiger partial charge in [-0.25, -0.2) is 0 Å². The lowest BCUT2D eigenvalue weighted by Gasteiger charge is -2.13. The third-order valence-corrected chi connectivity index (χ3v) is 2.55. The molecule has 0 fully saturated rings. The van der Waals surface area contributed by atoms with Gasteiger partial charge in [-0.05, 0) is 18.2 Å². The van der Waals surface area contributed by atoms with E-state index in [4.69, 9.17) is 22.7 Å². The Labute approximate surface area is 103 Å². The van der Waals surface area contributed by atoms with Crippen molar-refractivity contribution >= 4 is 17.2 Å². The molecular weight excluding hydrogens is 251 g/mol. The number of benzene rings is 1. The van der Waals surface area contributed by atoms with Crippen LogP contribution in [0.1, 0.15) is 12.5 Å². The zero-order valence-electron chi connectivity index (χ0n) is 9.12. The Morgan fingerprint density at radius 1 is 1.47 bits per heavy atom. The molecule has 0 aliphatic carbocycles. The Balaban J connectivity index is 2.70. The molecule has 1 unspecified atom stereocenters. The van der Waals surface area contributed by atoms with Crippen LogP contribution in [0.4, 0.5) is 13.2 Å². The SMILES string of the molecule is CC(COc1cccc(C(F)(F)F)c1)C(N)=S.